The number of carbonyl (C=O) groups excluding carboxylic acids is 1. The standard InChI is InChI=1S/C10H8F3N3O/c11-10(12,13)7-1-3-8(4-2-7)16-9(17)15-6-5-14/h1-4H,6H2,(H2,15,16,17). The van der Waals surface area contributed by atoms with Crippen LogP contribution in [-0.2, 0) is 6.18 Å². The number of nitrogens with zero attached hydrogens (tertiary/aromatic N) is 1. The Morgan fingerprint density at radius 1 is 1.29 bits per heavy atom. The van der Waals surface area contributed by atoms with E-state index in [1.165, 1.54) is 0 Å². The number of rotatable bonds is 2. The molecule has 0 aliphatic heterocycles. The van der Waals surface area contributed by atoms with Gasteiger partial charge in [-0.1, -0.05) is 0 Å². The van der Waals surface area contributed by atoms with Crippen molar-refractivity contribution in [3.63, 3.8) is 0 Å². The third kappa shape index (κ3) is 4.03. The Morgan fingerprint density at radius 2 is 1.88 bits per heavy atom. The van der Waals surface area contributed by atoms with Gasteiger partial charge in [0.05, 0.1) is 11.6 Å². The zero-order chi connectivity index (χ0) is 12.9. The summed E-state index contributed by atoms with van der Waals surface area (Å²) in [6, 6.07) is 5.04. The summed E-state index contributed by atoms with van der Waals surface area (Å²) in [7, 11) is 0. The summed E-state index contributed by atoms with van der Waals surface area (Å²) >= 11 is 0. The summed E-state index contributed by atoms with van der Waals surface area (Å²) in [6.07, 6.45) is -4.40. The molecular formula is C10H8F3N3O. The molecule has 0 radical (unpaired) electrons. The van der Waals surface area contributed by atoms with E-state index < -0.39 is 17.8 Å². The van der Waals surface area contributed by atoms with Crippen LogP contribution in [0.1, 0.15) is 5.56 Å². The van der Waals surface area contributed by atoms with E-state index in [0.29, 0.717) is 0 Å². The van der Waals surface area contributed by atoms with Crippen molar-refractivity contribution in [2.24, 2.45) is 0 Å². The zero-order valence-electron chi connectivity index (χ0n) is 8.51. The van der Waals surface area contributed by atoms with Crippen LogP contribution in [0.2, 0.25) is 0 Å². The fourth-order valence-corrected chi connectivity index (χ4v) is 1.04. The lowest BCUT2D eigenvalue weighted by atomic mass is 10.2. The van der Waals surface area contributed by atoms with Crippen molar-refractivity contribution in [3.05, 3.63) is 29.8 Å². The molecule has 0 fully saturated rings. The molecule has 0 aliphatic rings. The average molecular weight is 243 g/mol. The monoisotopic (exact) mass is 243 g/mol. The summed E-state index contributed by atoms with van der Waals surface area (Å²) in [5.41, 5.74) is -0.575. The van der Waals surface area contributed by atoms with Crippen LogP contribution < -0.4 is 10.6 Å². The van der Waals surface area contributed by atoms with E-state index in [9.17, 15) is 18.0 Å². The van der Waals surface area contributed by atoms with Crippen LogP contribution in [0.25, 0.3) is 0 Å². The number of benzene rings is 1. The highest BCUT2D eigenvalue weighted by Gasteiger charge is 2.29. The average Bonchev–Trinajstić information content (AvgIpc) is 2.26. The van der Waals surface area contributed by atoms with Gasteiger partial charge in [0, 0.05) is 5.69 Å². The van der Waals surface area contributed by atoms with Crippen LogP contribution in [0.4, 0.5) is 23.7 Å². The van der Waals surface area contributed by atoms with Gasteiger partial charge >= 0.3 is 12.2 Å². The van der Waals surface area contributed by atoms with Gasteiger partial charge in [-0.15, -0.1) is 0 Å². The molecule has 0 atom stereocenters. The molecule has 2 amide bonds. The largest absolute Gasteiger partial charge is 0.416 e. The molecule has 90 valence electrons. The SMILES string of the molecule is N#CCNC(=O)Nc1ccc(C(F)(F)F)cc1. The molecule has 0 aromatic heterocycles. The van der Waals surface area contributed by atoms with Crippen molar-refractivity contribution in [2.45, 2.75) is 6.18 Å². The number of halogens is 3. The van der Waals surface area contributed by atoms with Gasteiger partial charge in [0.15, 0.2) is 0 Å². The summed E-state index contributed by atoms with van der Waals surface area (Å²) in [5, 5.41) is 12.7. The van der Waals surface area contributed by atoms with Gasteiger partial charge in [0.2, 0.25) is 0 Å². The molecule has 0 spiro atoms. The van der Waals surface area contributed by atoms with E-state index in [-0.39, 0.29) is 12.2 Å². The number of nitriles is 1. The molecule has 17 heavy (non-hydrogen) atoms. The summed E-state index contributed by atoms with van der Waals surface area (Å²) in [6.45, 7) is -0.174. The number of alkyl halides is 3. The molecule has 2 N–H and O–H groups in total. The Kier molecular flexibility index (Phi) is 3.93. The molecule has 0 aliphatic carbocycles. The van der Waals surface area contributed by atoms with E-state index in [2.05, 4.69) is 10.6 Å². The van der Waals surface area contributed by atoms with Crippen LogP contribution in [-0.4, -0.2) is 12.6 Å². The molecule has 1 aromatic carbocycles. The van der Waals surface area contributed by atoms with Gasteiger partial charge in [-0.2, -0.15) is 18.4 Å². The van der Waals surface area contributed by atoms with Gasteiger partial charge in [-0.25, -0.2) is 4.79 Å². The number of anilines is 1. The maximum atomic E-state index is 12.2. The van der Waals surface area contributed by atoms with E-state index in [4.69, 9.17) is 5.26 Å². The molecule has 0 unspecified atom stereocenters. The third-order valence-corrected chi connectivity index (χ3v) is 1.80. The Balaban J connectivity index is 2.63. The first-order chi connectivity index (χ1) is 7.93. The fourth-order valence-electron chi connectivity index (χ4n) is 1.04. The second-order valence-corrected chi connectivity index (χ2v) is 3.04. The van der Waals surface area contributed by atoms with Gasteiger partial charge in [0.1, 0.15) is 6.54 Å². The van der Waals surface area contributed by atoms with Crippen LogP contribution in [0.3, 0.4) is 0 Å². The predicted molar refractivity (Wildman–Crippen MR) is 54.1 cm³/mol. The van der Waals surface area contributed by atoms with Crippen LogP contribution in [0.5, 0.6) is 0 Å². The number of carbonyl (C=O) groups is 1. The number of urea groups is 1. The molecular weight excluding hydrogens is 235 g/mol. The Bertz CT molecular complexity index is 434. The highest BCUT2D eigenvalue weighted by molar-refractivity contribution is 5.89. The lowest BCUT2D eigenvalue weighted by molar-refractivity contribution is -0.137. The van der Waals surface area contributed by atoms with Gasteiger partial charge < -0.3 is 10.6 Å². The highest BCUT2D eigenvalue weighted by atomic mass is 19.4. The van der Waals surface area contributed by atoms with Gasteiger partial charge in [-0.3, -0.25) is 0 Å². The van der Waals surface area contributed by atoms with Crippen molar-refractivity contribution >= 4 is 11.7 Å². The molecule has 0 saturated heterocycles. The minimum Gasteiger partial charge on any atom is -0.325 e. The van der Waals surface area contributed by atoms with E-state index in [1.807, 2.05) is 0 Å². The Hall–Kier alpha value is -2.23. The summed E-state index contributed by atoms with van der Waals surface area (Å²) in [5.74, 6) is 0. The van der Waals surface area contributed by atoms with Crippen molar-refractivity contribution in [1.82, 2.24) is 5.32 Å². The smallest absolute Gasteiger partial charge is 0.325 e. The number of nitrogens with one attached hydrogen (secondary N) is 2. The van der Waals surface area contributed by atoms with Crippen molar-refractivity contribution in [1.29, 1.82) is 5.26 Å². The topological polar surface area (TPSA) is 64.9 Å². The molecule has 0 saturated carbocycles. The summed E-state index contributed by atoms with van der Waals surface area (Å²) in [4.78, 5) is 11.1. The lowest BCUT2D eigenvalue weighted by Gasteiger charge is -2.08. The number of hydrogen-bond donors (Lipinski definition) is 2. The number of amides is 2. The van der Waals surface area contributed by atoms with Crippen molar-refractivity contribution in [3.8, 4) is 6.07 Å². The van der Waals surface area contributed by atoms with Crippen molar-refractivity contribution < 1.29 is 18.0 Å². The predicted octanol–water partition coefficient (Wildman–Crippen LogP) is 2.35. The first-order valence-electron chi connectivity index (χ1n) is 4.52. The van der Waals surface area contributed by atoms with Crippen LogP contribution in [0, 0.1) is 11.3 Å². The maximum Gasteiger partial charge on any atom is 0.416 e. The number of hydrogen-bond acceptors (Lipinski definition) is 2. The second-order valence-electron chi connectivity index (χ2n) is 3.04. The van der Waals surface area contributed by atoms with Crippen LogP contribution >= 0.6 is 0 Å². The first kappa shape index (κ1) is 12.8. The Labute approximate surface area is 95.0 Å². The normalized spacial score (nSPS) is 10.5. The quantitative estimate of drug-likeness (QED) is 0.783. The van der Waals surface area contributed by atoms with E-state index in [1.54, 1.807) is 6.07 Å². The fraction of sp³-hybridized carbons (Fsp3) is 0.200. The molecule has 1 rings (SSSR count). The minimum atomic E-state index is -4.40. The lowest BCUT2D eigenvalue weighted by Crippen LogP contribution is -2.28. The van der Waals surface area contributed by atoms with Crippen molar-refractivity contribution in [2.75, 3.05) is 11.9 Å². The van der Waals surface area contributed by atoms with Gasteiger partial charge in [0.25, 0.3) is 0 Å². The molecule has 7 heteroatoms. The third-order valence-electron chi connectivity index (χ3n) is 1.80. The first-order valence-corrected chi connectivity index (χ1v) is 4.52. The Morgan fingerprint density at radius 3 is 2.35 bits per heavy atom. The molecule has 0 heterocycles. The van der Waals surface area contributed by atoms with Gasteiger partial charge in [-0.05, 0) is 24.3 Å². The maximum absolute atomic E-state index is 12.2. The second kappa shape index (κ2) is 5.21. The molecule has 0 bridgehead atoms. The minimum absolute atomic E-state index is 0.174. The van der Waals surface area contributed by atoms with E-state index >= 15 is 0 Å². The zero-order valence-corrected chi connectivity index (χ0v) is 8.51. The molecule has 1 aromatic rings. The van der Waals surface area contributed by atoms with Crippen LogP contribution in [0.15, 0.2) is 24.3 Å². The highest BCUT2D eigenvalue weighted by Crippen LogP contribution is 2.29. The summed E-state index contributed by atoms with van der Waals surface area (Å²) < 4.78 is 36.6. The van der Waals surface area contributed by atoms with E-state index in [0.717, 1.165) is 24.3 Å². The molecule has 4 nitrogen and oxygen atoms in total.